The van der Waals surface area contributed by atoms with Gasteiger partial charge in [-0.25, -0.2) is 0 Å². The van der Waals surface area contributed by atoms with E-state index in [2.05, 4.69) is 20.4 Å². The molecule has 0 aromatic carbocycles. The number of hydrogen-bond acceptors (Lipinski definition) is 0. The predicted molar refractivity (Wildman–Crippen MR) is 104 cm³/mol. The van der Waals surface area contributed by atoms with Crippen LogP contribution < -0.4 is 0 Å². The zero-order valence-electron chi connectivity index (χ0n) is 16.4. The quantitative estimate of drug-likeness (QED) is 0.472. The van der Waals surface area contributed by atoms with Gasteiger partial charge in [0.25, 0.3) is 0 Å². The maximum atomic E-state index is 4.11. The highest BCUT2D eigenvalue weighted by Gasteiger charge is 2.56. The van der Waals surface area contributed by atoms with Crippen molar-refractivity contribution < 1.29 is 0 Å². The van der Waals surface area contributed by atoms with Crippen molar-refractivity contribution in [2.75, 3.05) is 0 Å². The van der Waals surface area contributed by atoms with E-state index in [0.29, 0.717) is 5.41 Å². The Morgan fingerprint density at radius 2 is 1.75 bits per heavy atom. The molecule has 0 aromatic heterocycles. The van der Waals surface area contributed by atoms with Gasteiger partial charge < -0.3 is 0 Å². The fourth-order valence-corrected chi connectivity index (χ4v) is 8.06. The van der Waals surface area contributed by atoms with Gasteiger partial charge in [0.05, 0.1) is 0 Å². The minimum Gasteiger partial charge on any atom is -0.100 e. The summed E-state index contributed by atoms with van der Waals surface area (Å²) in [7, 11) is 0. The second kappa shape index (κ2) is 6.81. The first-order valence-corrected chi connectivity index (χ1v) is 11.2. The van der Waals surface area contributed by atoms with Crippen molar-refractivity contribution in [2.45, 2.75) is 97.3 Å². The van der Waals surface area contributed by atoms with E-state index >= 15 is 0 Å². The normalized spacial score (nSPS) is 47.6. The van der Waals surface area contributed by atoms with Crippen molar-refractivity contribution in [1.29, 1.82) is 0 Å². The molecule has 0 N–H and O–H groups in total. The van der Waals surface area contributed by atoms with Crippen molar-refractivity contribution in [3.8, 4) is 0 Å². The molecule has 0 aliphatic heterocycles. The zero-order valence-corrected chi connectivity index (χ0v) is 16.4. The molecule has 0 radical (unpaired) electrons. The maximum Gasteiger partial charge on any atom is -0.0266 e. The molecule has 0 nitrogen and oxygen atoms in total. The lowest BCUT2D eigenvalue weighted by molar-refractivity contribution is -0.0629. The van der Waals surface area contributed by atoms with E-state index in [4.69, 9.17) is 0 Å². The minimum atomic E-state index is 0.692. The third-order valence-corrected chi connectivity index (χ3v) is 9.23. The van der Waals surface area contributed by atoms with Crippen LogP contribution >= 0.6 is 0 Å². The van der Waals surface area contributed by atoms with Crippen LogP contribution in [0.4, 0.5) is 0 Å². The molecule has 24 heavy (non-hydrogen) atoms. The molecule has 0 bridgehead atoms. The Labute approximate surface area is 150 Å². The van der Waals surface area contributed by atoms with Gasteiger partial charge >= 0.3 is 0 Å². The molecular formula is C24H40. The fraction of sp³-hybridized carbons (Fsp3) is 0.917. The maximum absolute atomic E-state index is 4.11. The Morgan fingerprint density at radius 3 is 2.58 bits per heavy atom. The highest BCUT2D eigenvalue weighted by Crippen LogP contribution is 2.64. The first kappa shape index (κ1) is 17.2. The largest absolute Gasteiger partial charge is 0.100 e. The molecule has 4 rings (SSSR count). The summed E-state index contributed by atoms with van der Waals surface area (Å²) in [6.45, 7) is 9.02. The summed E-state index contributed by atoms with van der Waals surface area (Å²) in [5.74, 6) is 6.58. The first-order chi connectivity index (χ1) is 11.6. The lowest BCUT2D eigenvalue weighted by Gasteiger charge is -2.56. The van der Waals surface area contributed by atoms with Gasteiger partial charge in [-0.3, -0.25) is 0 Å². The molecule has 4 saturated carbocycles. The summed E-state index contributed by atoms with van der Waals surface area (Å²) in [6.07, 6.45) is 19.7. The highest BCUT2D eigenvalue weighted by atomic mass is 14.6. The third kappa shape index (κ3) is 2.90. The Hall–Kier alpha value is -0.260. The monoisotopic (exact) mass is 328 g/mol. The molecule has 0 amide bonds. The molecule has 0 heterocycles. The molecule has 7 atom stereocenters. The number of fused-ring (bicyclic) bond motifs is 5. The first-order valence-electron chi connectivity index (χ1n) is 11.2. The van der Waals surface area contributed by atoms with Gasteiger partial charge in [0, 0.05) is 0 Å². The van der Waals surface area contributed by atoms with Gasteiger partial charge in [0.15, 0.2) is 0 Å². The Kier molecular flexibility index (Phi) is 4.87. The SMILES string of the molecule is C=C(C)CCCC1CCC2C3CCC4CCCCC4C3CCC12C. The van der Waals surface area contributed by atoms with Crippen molar-refractivity contribution in [2.24, 2.45) is 40.9 Å². The average Bonchev–Trinajstić information content (AvgIpc) is 2.91. The van der Waals surface area contributed by atoms with Crippen LogP contribution in [0, 0.1) is 40.9 Å². The number of hydrogen-bond donors (Lipinski definition) is 0. The van der Waals surface area contributed by atoms with Gasteiger partial charge in [-0.2, -0.15) is 0 Å². The number of allylic oxidation sites excluding steroid dienone is 1. The summed E-state index contributed by atoms with van der Waals surface area (Å²) in [5, 5.41) is 0. The van der Waals surface area contributed by atoms with Crippen molar-refractivity contribution in [3.63, 3.8) is 0 Å². The van der Waals surface area contributed by atoms with E-state index < -0.39 is 0 Å². The average molecular weight is 329 g/mol. The Bertz CT molecular complexity index is 463. The van der Waals surface area contributed by atoms with Crippen LogP contribution in [0.1, 0.15) is 97.3 Å². The lowest BCUT2D eigenvalue weighted by Crippen LogP contribution is -2.48. The van der Waals surface area contributed by atoms with Crippen LogP contribution in [0.2, 0.25) is 0 Å². The van der Waals surface area contributed by atoms with Crippen LogP contribution in [0.3, 0.4) is 0 Å². The van der Waals surface area contributed by atoms with Gasteiger partial charge in [-0.1, -0.05) is 31.8 Å². The highest BCUT2D eigenvalue weighted by molar-refractivity contribution is 5.05. The van der Waals surface area contributed by atoms with Crippen LogP contribution in [0.5, 0.6) is 0 Å². The Balaban J connectivity index is 1.44. The van der Waals surface area contributed by atoms with E-state index in [1.807, 2.05) is 0 Å². The van der Waals surface area contributed by atoms with Gasteiger partial charge in [0.1, 0.15) is 0 Å². The molecule has 0 saturated heterocycles. The summed E-state index contributed by atoms with van der Waals surface area (Å²) >= 11 is 0. The molecule has 0 spiro atoms. The van der Waals surface area contributed by atoms with E-state index in [9.17, 15) is 0 Å². The molecule has 4 fully saturated rings. The molecule has 7 unspecified atom stereocenters. The number of rotatable bonds is 4. The van der Waals surface area contributed by atoms with Gasteiger partial charge in [0.2, 0.25) is 0 Å². The summed E-state index contributed by atoms with van der Waals surface area (Å²) in [6, 6.07) is 0. The third-order valence-electron chi connectivity index (χ3n) is 9.23. The van der Waals surface area contributed by atoms with E-state index in [1.165, 1.54) is 44.1 Å². The van der Waals surface area contributed by atoms with Crippen molar-refractivity contribution in [1.82, 2.24) is 0 Å². The summed E-state index contributed by atoms with van der Waals surface area (Å²) < 4.78 is 0. The van der Waals surface area contributed by atoms with Crippen molar-refractivity contribution >= 4 is 0 Å². The second-order valence-corrected chi connectivity index (χ2v) is 10.4. The van der Waals surface area contributed by atoms with Crippen LogP contribution in [0.25, 0.3) is 0 Å². The van der Waals surface area contributed by atoms with Gasteiger partial charge in [-0.15, -0.1) is 6.58 Å². The van der Waals surface area contributed by atoms with Crippen LogP contribution in [-0.2, 0) is 0 Å². The standard InChI is InChI=1S/C24H40/c1-17(2)7-6-9-19-12-14-23-22-13-11-18-8-4-5-10-20(18)21(22)15-16-24(19,23)3/h18-23H,1,4-16H2,2-3H3. The Morgan fingerprint density at radius 1 is 0.917 bits per heavy atom. The summed E-state index contributed by atoms with van der Waals surface area (Å²) in [4.78, 5) is 0. The molecule has 4 aliphatic rings. The lowest BCUT2D eigenvalue weighted by atomic mass is 9.49. The summed E-state index contributed by atoms with van der Waals surface area (Å²) in [5.41, 5.74) is 2.08. The predicted octanol–water partition coefficient (Wildman–Crippen LogP) is 7.39. The molecule has 136 valence electrons. The molecular weight excluding hydrogens is 288 g/mol. The molecule has 4 aliphatic carbocycles. The van der Waals surface area contributed by atoms with E-state index in [0.717, 1.165) is 35.5 Å². The molecule has 0 heteroatoms. The fourth-order valence-electron chi connectivity index (χ4n) is 8.06. The van der Waals surface area contributed by atoms with E-state index in [-0.39, 0.29) is 0 Å². The van der Waals surface area contributed by atoms with E-state index in [1.54, 1.807) is 44.9 Å². The zero-order chi connectivity index (χ0) is 16.7. The second-order valence-electron chi connectivity index (χ2n) is 10.4. The van der Waals surface area contributed by atoms with Crippen molar-refractivity contribution in [3.05, 3.63) is 12.2 Å². The minimum absolute atomic E-state index is 0.692. The van der Waals surface area contributed by atoms with Crippen LogP contribution in [-0.4, -0.2) is 0 Å². The van der Waals surface area contributed by atoms with Crippen LogP contribution in [0.15, 0.2) is 12.2 Å². The molecule has 0 aromatic rings. The topological polar surface area (TPSA) is 0 Å². The van der Waals surface area contributed by atoms with Gasteiger partial charge in [-0.05, 0) is 112 Å². The smallest absolute Gasteiger partial charge is 0.0266 e.